The van der Waals surface area contributed by atoms with Gasteiger partial charge >= 0.3 is 6.09 Å². The van der Waals surface area contributed by atoms with Crippen LogP contribution in [0.2, 0.25) is 18.1 Å². The van der Waals surface area contributed by atoms with Crippen LogP contribution in [0.3, 0.4) is 0 Å². The Kier molecular flexibility index (Phi) is 11.1. The van der Waals surface area contributed by atoms with E-state index in [1.165, 1.54) is 25.7 Å². The van der Waals surface area contributed by atoms with Crippen LogP contribution in [0.1, 0.15) is 79.1 Å². The summed E-state index contributed by atoms with van der Waals surface area (Å²) in [5.41, 5.74) is 0. The number of hydrogen-bond donors (Lipinski definition) is 1. The molecule has 5 nitrogen and oxygen atoms in total. The molecule has 0 aromatic heterocycles. The Morgan fingerprint density at radius 2 is 1.75 bits per heavy atom. The van der Waals surface area contributed by atoms with Crippen molar-refractivity contribution in [3.8, 4) is 0 Å². The maximum absolute atomic E-state index is 12.0. The number of amides is 1. The van der Waals surface area contributed by atoms with Crippen LogP contribution in [-0.4, -0.2) is 68.1 Å². The molecule has 0 aromatic carbocycles. The van der Waals surface area contributed by atoms with Crippen LogP contribution in [-0.2, 0) is 4.43 Å². The van der Waals surface area contributed by atoms with Gasteiger partial charge in [0.15, 0.2) is 8.32 Å². The molecule has 1 N–H and O–H groups in total. The second kappa shape index (κ2) is 12.2. The summed E-state index contributed by atoms with van der Waals surface area (Å²) in [6.07, 6.45) is 8.01. The molecule has 0 aromatic rings. The number of nitrogens with zero attached hydrogens (tertiary/aromatic N) is 2. The fourth-order valence-electron chi connectivity index (χ4n) is 3.64. The Hall–Kier alpha value is -0.593. The third kappa shape index (κ3) is 8.83. The van der Waals surface area contributed by atoms with Crippen LogP contribution in [0, 0.1) is 0 Å². The van der Waals surface area contributed by atoms with Gasteiger partial charge in [-0.25, -0.2) is 4.79 Å². The second-order valence-corrected chi connectivity index (χ2v) is 14.7. The number of likely N-dealkylation sites (tertiary alicyclic amines) is 1. The summed E-state index contributed by atoms with van der Waals surface area (Å²) < 4.78 is 6.32. The average molecular weight is 415 g/mol. The smallest absolute Gasteiger partial charge is 0.407 e. The molecule has 166 valence electrons. The Morgan fingerprint density at radius 3 is 2.29 bits per heavy atom. The van der Waals surface area contributed by atoms with E-state index < -0.39 is 14.4 Å². The molecule has 28 heavy (non-hydrogen) atoms. The van der Waals surface area contributed by atoms with E-state index in [-0.39, 0.29) is 11.1 Å². The molecular weight excluding hydrogens is 368 g/mol. The number of unbranched alkanes of at least 4 members (excludes halogenated alkanes) is 2. The van der Waals surface area contributed by atoms with Gasteiger partial charge < -0.3 is 19.3 Å². The van der Waals surface area contributed by atoms with Crippen molar-refractivity contribution in [3.63, 3.8) is 0 Å². The van der Waals surface area contributed by atoms with Crippen molar-refractivity contribution in [2.75, 3.05) is 32.8 Å². The van der Waals surface area contributed by atoms with Gasteiger partial charge in [-0.15, -0.1) is 0 Å². The molecule has 1 unspecified atom stereocenters. The van der Waals surface area contributed by atoms with E-state index in [4.69, 9.17) is 4.43 Å². The molecule has 0 bridgehead atoms. The quantitative estimate of drug-likeness (QED) is 0.305. The monoisotopic (exact) mass is 414 g/mol. The highest BCUT2D eigenvalue weighted by molar-refractivity contribution is 6.74. The minimum atomic E-state index is -1.73. The fraction of sp³-hybridized carbons (Fsp3) is 0.955. The summed E-state index contributed by atoms with van der Waals surface area (Å²) in [5, 5.41) is 10.1. The molecule has 0 saturated carbocycles. The van der Waals surface area contributed by atoms with Crippen molar-refractivity contribution in [1.82, 2.24) is 9.80 Å². The normalized spacial score (nSPS) is 17.1. The number of rotatable bonds is 13. The number of carboxylic acid groups (broad SMARTS) is 1. The molecule has 1 saturated heterocycles. The van der Waals surface area contributed by atoms with Crippen LogP contribution in [0.4, 0.5) is 4.79 Å². The van der Waals surface area contributed by atoms with Crippen molar-refractivity contribution >= 4 is 14.4 Å². The number of carbonyl (C=O) groups is 1. The average Bonchev–Trinajstić information content (AvgIpc) is 3.10. The number of hydrogen-bond acceptors (Lipinski definition) is 3. The molecule has 0 aliphatic carbocycles. The first kappa shape index (κ1) is 25.4. The Morgan fingerprint density at radius 1 is 1.14 bits per heavy atom. The van der Waals surface area contributed by atoms with Crippen LogP contribution in [0.25, 0.3) is 0 Å². The SMILES string of the molecule is CCCCCC(CCCO[Si](C)(C)C(C)(C)C)N(CCN1CCCC1)C(=O)O. The first-order chi connectivity index (χ1) is 13.1. The topological polar surface area (TPSA) is 53.0 Å². The van der Waals surface area contributed by atoms with Gasteiger partial charge in [0.1, 0.15) is 0 Å². The summed E-state index contributed by atoms with van der Waals surface area (Å²) in [4.78, 5) is 16.1. The highest BCUT2D eigenvalue weighted by Gasteiger charge is 2.37. The van der Waals surface area contributed by atoms with E-state index in [0.29, 0.717) is 6.54 Å². The molecule has 1 atom stereocenters. The summed E-state index contributed by atoms with van der Waals surface area (Å²) in [7, 11) is -1.73. The van der Waals surface area contributed by atoms with E-state index in [2.05, 4.69) is 45.7 Å². The fourth-order valence-corrected chi connectivity index (χ4v) is 4.73. The highest BCUT2D eigenvalue weighted by atomic mass is 28.4. The lowest BCUT2D eigenvalue weighted by Crippen LogP contribution is -2.44. The van der Waals surface area contributed by atoms with E-state index in [1.54, 1.807) is 4.90 Å². The summed E-state index contributed by atoms with van der Waals surface area (Å²) >= 11 is 0. The Balaban J connectivity index is 2.58. The van der Waals surface area contributed by atoms with Crippen LogP contribution >= 0.6 is 0 Å². The zero-order valence-corrected chi connectivity index (χ0v) is 20.4. The lowest BCUT2D eigenvalue weighted by molar-refractivity contribution is 0.107. The molecule has 0 spiro atoms. The van der Waals surface area contributed by atoms with Gasteiger partial charge in [0.05, 0.1) is 0 Å². The molecule has 1 aliphatic rings. The van der Waals surface area contributed by atoms with Gasteiger partial charge in [0.25, 0.3) is 0 Å². The molecule has 1 aliphatic heterocycles. The van der Waals surface area contributed by atoms with E-state index in [1.807, 2.05) is 0 Å². The maximum atomic E-state index is 12.0. The van der Waals surface area contributed by atoms with Gasteiger partial charge in [-0.3, -0.25) is 0 Å². The predicted octanol–water partition coefficient (Wildman–Crippen LogP) is 5.81. The second-order valence-electron chi connectivity index (χ2n) is 9.93. The molecule has 6 heteroatoms. The summed E-state index contributed by atoms with van der Waals surface area (Å²) in [6, 6.07) is 0.120. The molecule has 1 amide bonds. The molecule has 0 radical (unpaired) electrons. The Bertz CT molecular complexity index is 446. The van der Waals surface area contributed by atoms with Gasteiger partial charge in [-0.1, -0.05) is 47.0 Å². The lowest BCUT2D eigenvalue weighted by Gasteiger charge is -2.36. The largest absolute Gasteiger partial charge is 0.465 e. The maximum Gasteiger partial charge on any atom is 0.407 e. The minimum Gasteiger partial charge on any atom is -0.465 e. The van der Waals surface area contributed by atoms with Crippen molar-refractivity contribution in [3.05, 3.63) is 0 Å². The third-order valence-corrected chi connectivity index (χ3v) is 11.2. The van der Waals surface area contributed by atoms with Crippen molar-refractivity contribution in [1.29, 1.82) is 0 Å². The molecule has 1 rings (SSSR count). The molecule has 1 heterocycles. The minimum absolute atomic E-state index is 0.120. The van der Waals surface area contributed by atoms with Crippen molar-refractivity contribution < 1.29 is 14.3 Å². The highest BCUT2D eigenvalue weighted by Crippen LogP contribution is 2.36. The van der Waals surface area contributed by atoms with Crippen molar-refractivity contribution in [2.24, 2.45) is 0 Å². The zero-order chi connectivity index (χ0) is 21.2. The first-order valence-corrected chi connectivity index (χ1v) is 14.3. The van der Waals surface area contributed by atoms with E-state index in [9.17, 15) is 9.90 Å². The third-order valence-electron chi connectivity index (χ3n) is 6.63. The van der Waals surface area contributed by atoms with Crippen LogP contribution in [0.15, 0.2) is 0 Å². The van der Waals surface area contributed by atoms with Gasteiger partial charge in [0, 0.05) is 25.7 Å². The Labute approximate surface area is 174 Å². The van der Waals surface area contributed by atoms with Gasteiger partial charge in [-0.2, -0.15) is 0 Å². The van der Waals surface area contributed by atoms with Crippen molar-refractivity contribution in [2.45, 2.75) is 103 Å². The van der Waals surface area contributed by atoms with Crippen LogP contribution < -0.4 is 0 Å². The summed E-state index contributed by atoms with van der Waals surface area (Å²) in [5.74, 6) is 0. The summed E-state index contributed by atoms with van der Waals surface area (Å²) in [6.45, 7) is 18.0. The van der Waals surface area contributed by atoms with Crippen LogP contribution in [0.5, 0.6) is 0 Å². The predicted molar refractivity (Wildman–Crippen MR) is 121 cm³/mol. The molecule has 1 fully saturated rings. The van der Waals surface area contributed by atoms with E-state index >= 15 is 0 Å². The molecular formula is C22H46N2O3Si. The standard InChI is InChI=1S/C22H46N2O3Si/c1-7-8-9-13-20(14-12-19-27-28(5,6)22(2,3)4)24(21(25)26)18-17-23-15-10-11-16-23/h20H,7-19H2,1-6H3,(H,25,26). The van der Waals surface area contributed by atoms with E-state index in [0.717, 1.165) is 51.9 Å². The zero-order valence-electron chi connectivity index (χ0n) is 19.4. The van der Waals surface area contributed by atoms with Gasteiger partial charge in [-0.05, 0) is 63.3 Å². The van der Waals surface area contributed by atoms with Gasteiger partial charge in [0.2, 0.25) is 0 Å². The lowest BCUT2D eigenvalue weighted by atomic mass is 10.0. The first-order valence-electron chi connectivity index (χ1n) is 11.4.